The van der Waals surface area contributed by atoms with Gasteiger partial charge in [0.15, 0.2) is 0 Å². The van der Waals surface area contributed by atoms with Crippen molar-refractivity contribution >= 4 is 10.8 Å². The first-order chi connectivity index (χ1) is 9.92. The average molecular weight is 287 g/mol. The molecule has 0 aliphatic carbocycles. The van der Waals surface area contributed by atoms with Crippen molar-refractivity contribution in [2.24, 2.45) is 0 Å². The summed E-state index contributed by atoms with van der Waals surface area (Å²) in [7, 11) is 0. The van der Waals surface area contributed by atoms with Crippen molar-refractivity contribution in [3.63, 3.8) is 0 Å². The molecule has 0 fully saturated rings. The first-order valence-electron chi connectivity index (χ1n) is 7.52. The third-order valence-electron chi connectivity index (χ3n) is 3.46. The number of aliphatic hydroxyl groups is 1. The number of rotatable bonds is 6. The SMILES string of the molecule is CCNC(C)c1ccc2ccccc2c1OCC(C)(C)O. The molecule has 0 saturated heterocycles. The van der Waals surface area contributed by atoms with Crippen LogP contribution in [0.1, 0.15) is 39.3 Å². The Balaban J connectivity index is 2.46. The first kappa shape index (κ1) is 15.8. The smallest absolute Gasteiger partial charge is 0.132 e. The van der Waals surface area contributed by atoms with Gasteiger partial charge in [0.25, 0.3) is 0 Å². The second kappa shape index (κ2) is 6.46. The van der Waals surface area contributed by atoms with Gasteiger partial charge < -0.3 is 15.2 Å². The van der Waals surface area contributed by atoms with Crippen molar-refractivity contribution in [1.82, 2.24) is 5.32 Å². The molecule has 1 atom stereocenters. The summed E-state index contributed by atoms with van der Waals surface area (Å²) in [5.74, 6) is 0.865. The Hall–Kier alpha value is -1.58. The van der Waals surface area contributed by atoms with Gasteiger partial charge in [-0.2, -0.15) is 0 Å². The molecule has 0 aliphatic rings. The average Bonchev–Trinajstić information content (AvgIpc) is 2.43. The van der Waals surface area contributed by atoms with Gasteiger partial charge in [-0.05, 0) is 32.7 Å². The summed E-state index contributed by atoms with van der Waals surface area (Å²) in [4.78, 5) is 0. The third kappa shape index (κ3) is 3.96. The maximum atomic E-state index is 9.94. The summed E-state index contributed by atoms with van der Waals surface area (Å²) in [5.41, 5.74) is 0.273. The molecular formula is C18H25NO2. The Bertz CT molecular complexity index is 602. The lowest BCUT2D eigenvalue weighted by Crippen LogP contribution is -2.28. The van der Waals surface area contributed by atoms with Gasteiger partial charge in [0.2, 0.25) is 0 Å². The fourth-order valence-corrected chi connectivity index (χ4v) is 2.43. The molecule has 3 heteroatoms. The van der Waals surface area contributed by atoms with Crippen LogP contribution in [-0.4, -0.2) is 23.9 Å². The molecule has 21 heavy (non-hydrogen) atoms. The minimum Gasteiger partial charge on any atom is -0.490 e. The van der Waals surface area contributed by atoms with E-state index in [-0.39, 0.29) is 12.6 Å². The van der Waals surface area contributed by atoms with Crippen LogP contribution in [0.3, 0.4) is 0 Å². The molecule has 0 heterocycles. The van der Waals surface area contributed by atoms with Crippen molar-refractivity contribution in [1.29, 1.82) is 0 Å². The Morgan fingerprint density at radius 2 is 1.90 bits per heavy atom. The molecule has 2 rings (SSSR count). The van der Waals surface area contributed by atoms with Crippen LogP contribution in [0.15, 0.2) is 36.4 Å². The van der Waals surface area contributed by atoms with Gasteiger partial charge in [0.05, 0.1) is 5.60 Å². The number of fused-ring (bicyclic) bond motifs is 1. The van der Waals surface area contributed by atoms with E-state index in [4.69, 9.17) is 4.74 Å². The number of nitrogens with one attached hydrogen (secondary N) is 1. The Labute approximate surface area is 126 Å². The first-order valence-corrected chi connectivity index (χ1v) is 7.52. The summed E-state index contributed by atoms with van der Waals surface area (Å²) in [5, 5.41) is 15.6. The predicted molar refractivity (Wildman–Crippen MR) is 87.8 cm³/mol. The van der Waals surface area contributed by atoms with Gasteiger partial charge in [-0.15, -0.1) is 0 Å². The van der Waals surface area contributed by atoms with Crippen LogP contribution >= 0.6 is 0 Å². The lowest BCUT2D eigenvalue weighted by atomic mass is 10.0. The molecule has 3 nitrogen and oxygen atoms in total. The summed E-state index contributed by atoms with van der Waals surface area (Å²) >= 11 is 0. The zero-order chi connectivity index (χ0) is 15.5. The molecule has 114 valence electrons. The molecule has 1 unspecified atom stereocenters. The van der Waals surface area contributed by atoms with Crippen molar-refractivity contribution in [2.45, 2.75) is 39.3 Å². The second-order valence-corrected chi connectivity index (χ2v) is 6.09. The van der Waals surface area contributed by atoms with Gasteiger partial charge >= 0.3 is 0 Å². The summed E-state index contributed by atoms with van der Waals surface area (Å²) in [6.45, 7) is 8.91. The summed E-state index contributed by atoms with van der Waals surface area (Å²) in [6.07, 6.45) is 0. The van der Waals surface area contributed by atoms with Crippen LogP contribution in [0.4, 0.5) is 0 Å². The van der Waals surface area contributed by atoms with E-state index < -0.39 is 5.60 Å². The van der Waals surface area contributed by atoms with E-state index in [1.165, 1.54) is 0 Å². The normalized spacial score (nSPS) is 13.4. The number of hydrogen-bond acceptors (Lipinski definition) is 3. The van der Waals surface area contributed by atoms with E-state index in [2.05, 4.69) is 43.4 Å². The van der Waals surface area contributed by atoms with Gasteiger partial charge in [-0.1, -0.05) is 43.3 Å². The number of hydrogen-bond donors (Lipinski definition) is 2. The van der Waals surface area contributed by atoms with Crippen LogP contribution in [0.25, 0.3) is 10.8 Å². The molecule has 0 spiro atoms. The highest BCUT2D eigenvalue weighted by Gasteiger charge is 2.18. The van der Waals surface area contributed by atoms with Crippen LogP contribution < -0.4 is 10.1 Å². The van der Waals surface area contributed by atoms with Crippen molar-refractivity contribution in [3.05, 3.63) is 42.0 Å². The molecule has 2 N–H and O–H groups in total. The molecular weight excluding hydrogens is 262 g/mol. The van der Waals surface area contributed by atoms with Crippen molar-refractivity contribution in [3.8, 4) is 5.75 Å². The van der Waals surface area contributed by atoms with Crippen LogP contribution in [0.2, 0.25) is 0 Å². The van der Waals surface area contributed by atoms with E-state index in [0.717, 1.165) is 28.6 Å². The quantitative estimate of drug-likeness (QED) is 0.852. The number of benzene rings is 2. The van der Waals surface area contributed by atoms with Gasteiger partial charge in [-0.3, -0.25) is 0 Å². The fraction of sp³-hybridized carbons (Fsp3) is 0.444. The summed E-state index contributed by atoms with van der Waals surface area (Å²) in [6, 6.07) is 12.6. The molecule has 2 aromatic rings. The molecule has 0 saturated carbocycles. The topological polar surface area (TPSA) is 41.5 Å². The van der Waals surface area contributed by atoms with Crippen molar-refractivity contribution < 1.29 is 9.84 Å². The number of ether oxygens (including phenoxy) is 1. The highest BCUT2D eigenvalue weighted by Crippen LogP contribution is 2.34. The molecule has 0 amide bonds. The minimum absolute atomic E-state index is 0.205. The Morgan fingerprint density at radius 1 is 1.19 bits per heavy atom. The standard InChI is InChI=1S/C18H25NO2/c1-5-19-13(2)15-11-10-14-8-6-7-9-16(14)17(15)21-12-18(3,4)20/h6-11,13,19-20H,5,12H2,1-4H3. The zero-order valence-electron chi connectivity index (χ0n) is 13.3. The van der Waals surface area contributed by atoms with Crippen LogP contribution in [-0.2, 0) is 0 Å². The van der Waals surface area contributed by atoms with Crippen molar-refractivity contribution in [2.75, 3.05) is 13.2 Å². The molecule has 0 bridgehead atoms. The van der Waals surface area contributed by atoms with E-state index >= 15 is 0 Å². The molecule has 0 radical (unpaired) electrons. The third-order valence-corrected chi connectivity index (χ3v) is 3.46. The highest BCUT2D eigenvalue weighted by atomic mass is 16.5. The largest absolute Gasteiger partial charge is 0.490 e. The maximum Gasteiger partial charge on any atom is 0.132 e. The van der Waals surface area contributed by atoms with Crippen LogP contribution in [0.5, 0.6) is 5.75 Å². The van der Waals surface area contributed by atoms with E-state index in [1.807, 2.05) is 12.1 Å². The van der Waals surface area contributed by atoms with E-state index in [9.17, 15) is 5.11 Å². The van der Waals surface area contributed by atoms with Gasteiger partial charge in [-0.25, -0.2) is 0 Å². The molecule has 0 aliphatic heterocycles. The zero-order valence-corrected chi connectivity index (χ0v) is 13.3. The maximum absolute atomic E-state index is 9.94. The lowest BCUT2D eigenvalue weighted by Gasteiger charge is -2.23. The second-order valence-electron chi connectivity index (χ2n) is 6.09. The van der Waals surface area contributed by atoms with Gasteiger partial charge in [0.1, 0.15) is 12.4 Å². The Morgan fingerprint density at radius 3 is 2.57 bits per heavy atom. The predicted octanol–water partition coefficient (Wildman–Crippen LogP) is 3.66. The highest BCUT2D eigenvalue weighted by molar-refractivity contribution is 5.89. The fourth-order valence-electron chi connectivity index (χ4n) is 2.43. The van der Waals surface area contributed by atoms with E-state index in [0.29, 0.717) is 0 Å². The lowest BCUT2D eigenvalue weighted by molar-refractivity contribution is 0.0286. The van der Waals surface area contributed by atoms with Gasteiger partial charge in [0, 0.05) is 17.0 Å². The molecule has 2 aromatic carbocycles. The van der Waals surface area contributed by atoms with E-state index in [1.54, 1.807) is 13.8 Å². The van der Waals surface area contributed by atoms with Crippen LogP contribution in [0, 0.1) is 0 Å². The minimum atomic E-state index is -0.852. The molecule has 0 aromatic heterocycles. The Kier molecular flexibility index (Phi) is 4.86. The summed E-state index contributed by atoms with van der Waals surface area (Å²) < 4.78 is 5.99. The monoisotopic (exact) mass is 287 g/mol.